The highest BCUT2D eigenvalue weighted by molar-refractivity contribution is 9.10. The zero-order valence-corrected chi connectivity index (χ0v) is 13.3. The molecular formula is C15H14BrClFNO. The Bertz CT molecular complexity index is 606. The highest BCUT2D eigenvalue weighted by atomic mass is 79.9. The lowest BCUT2D eigenvalue weighted by molar-refractivity contribution is 0.436. The summed E-state index contributed by atoms with van der Waals surface area (Å²) in [6.07, 6.45) is 0. The van der Waals surface area contributed by atoms with Crippen LogP contribution in [0.4, 0.5) is 4.39 Å². The molecule has 1 N–H and O–H groups in total. The highest BCUT2D eigenvalue weighted by Crippen LogP contribution is 2.34. The summed E-state index contributed by atoms with van der Waals surface area (Å²) in [6.45, 7) is 3.46. The van der Waals surface area contributed by atoms with Crippen molar-refractivity contribution in [3.63, 3.8) is 0 Å². The van der Waals surface area contributed by atoms with Crippen LogP contribution < -0.4 is 10.1 Å². The van der Waals surface area contributed by atoms with Gasteiger partial charge in [-0.2, -0.15) is 0 Å². The minimum absolute atomic E-state index is 0.152. The lowest BCUT2D eigenvalue weighted by atomic mass is 10.2. The third kappa shape index (κ3) is 3.72. The first kappa shape index (κ1) is 15.3. The van der Waals surface area contributed by atoms with E-state index in [9.17, 15) is 4.39 Å². The van der Waals surface area contributed by atoms with Crippen LogP contribution in [0.15, 0.2) is 40.9 Å². The van der Waals surface area contributed by atoms with Crippen LogP contribution in [0.5, 0.6) is 11.5 Å². The van der Waals surface area contributed by atoms with Crippen LogP contribution >= 0.6 is 27.5 Å². The normalized spacial score (nSPS) is 10.6. The molecule has 0 amide bonds. The zero-order valence-electron chi connectivity index (χ0n) is 10.9. The maximum absolute atomic E-state index is 13.8. The maximum atomic E-state index is 13.8. The summed E-state index contributed by atoms with van der Waals surface area (Å²) < 4.78 is 20.2. The van der Waals surface area contributed by atoms with Gasteiger partial charge in [0.15, 0.2) is 17.3 Å². The Morgan fingerprint density at radius 2 is 2.10 bits per heavy atom. The van der Waals surface area contributed by atoms with Gasteiger partial charge in [0.1, 0.15) is 0 Å². The highest BCUT2D eigenvalue weighted by Gasteiger charge is 2.12. The summed E-state index contributed by atoms with van der Waals surface area (Å²) in [5, 5.41) is 3.66. The molecule has 5 heteroatoms. The van der Waals surface area contributed by atoms with E-state index in [1.807, 2.05) is 19.1 Å². The molecule has 0 atom stereocenters. The molecule has 0 fully saturated rings. The minimum Gasteiger partial charge on any atom is -0.452 e. The van der Waals surface area contributed by atoms with Crippen molar-refractivity contribution in [1.29, 1.82) is 0 Å². The summed E-state index contributed by atoms with van der Waals surface area (Å²) in [4.78, 5) is 0. The molecule has 0 bridgehead atoms. The minimum atomic E-state index is -0.436. The van der Waals surface area contributed by atoms with Gasteiger partial charge in [0.25, 0.3) is 0 Å². The fourth-order valence-electron chi connectivity index (χ4n) is 1.73. The maximum Gasteiger partial charge on any atom is 0.166 e. The van der Waals surface area contributed by atoms with E-state index in [1.165, 1.54) is 6.07 Å². The largest absolute Gasteiger partial charge is 0.452 e. The van der Waals surface area contributed by atoms with E-state index in [1.54, 1.807) is 18.2 Å². The van der Waals surface area contributed by atoms with Gasteiger partial charge in [0.05, 0.1) is 5.02 Å². The Labute approximate surface area is 131 Å². The number of para-hydroxylation sites is 1. The van der Waals surface area contributed by atoms with Crippen LogP contribution in [0.2, 0.25) is 5.02 Å². The van der Waals surface area contributed by atoms with Crippen LogP contribution in [0.1, 0.15) is 12.5 Å². The van der Waals surface area contributed by atoms with Crippen molar-refractivity contribution in [2.75, 3.05) is 6.54 Å². The second-order valence-electron chi connectivity index (χ2n) is 4.19. The predicted octanol–water partition coefficient (Wildman–Crippen LogP) is 5.14. The first-order valence-electron chi connectivity index (χ1n) is 6.23. The molecule has 0 aliphatic heterocycles. The molecule has 0 saturated heterocycles. The van der Waals surface area contributed by atoms with Crippen molar-refractivity contribution < 1.29 is 9.13 Å². The molecule has 2 rings (SSSR count). The van der Waals surface area contributed by atoms with Crippen LogP contribution in [0.3, 0.4) is 0 Å². The van der Waals surface area contributed by atoms with Gasteiger partial charge >= 0.3 is 0 Å². The number of hydrogen-bond acceptors (Lipinski definition) is 2. The van der Waals surface area contributed by atoms with Gasteiger partial charge in [-0.25, -0.2) is 4.39 Å². The molecule has 0 unspecified atom stereocenters. The van der Waals surface area contributed by atoms with Gasteiger partial charge in [0, 0.05) is 16.6 Å². The molecule has 2 aromatic carbocycles. The Kier molecular flexibility index (Phi) is 5.40. The smallest absolute Gasteiger partial charge is 0.166 e. The average Bonchev–Trinajstić information content (AvgIpc) is 2.42. The van der Waals surface area contributed by atoms with Gasteiger partial charge in [0.2, 0.25) is 0 Å². The quantitative estimate of drug-likeness (QED) is 0.798. The SMILES string of the molecule is CCNCc1cccc(Cl)c1Oc1ccc(Br)cc1F. The van der Waals surface area contributed by atoms with Crippen LogP contribution in [-0.2, 0) is 6.54 Å². The number of benzene rings is 2. The lowest BCUT2D eigenvalue weighted by Crippen LogP contribution is -2.12. The third-order valence-corrected chi connectivity index (χ3v) is 3.51. The lowest BCUT2D eigenvalue weighted by Gasteiger charge is -2.13. The molecule has 0 heterocycles. The third-order valence-electron chi connectivity index (χ3n) is 2.72. The van der Waals surface area contributed by atoms with E-state index in [0.29, 0.717) is 21.8 Å². The van der Waals surface area contributed by atoms with E-state index >= 15 is 0 Å². The molecule has 0 saturated carbocycles. The number of halogens is 3. The number of rotatable bonds is 5. The standard InChI is InChI=1S/C15H14BrClFNO/c1-2-19-9-10-4-3-5-12(17)15(10)20-14-7-6-11(16)8-13(14)18/h3-8,19H,2,9H2,1H3. The fourth-order valence-corrected chi connectivity index (χ4v) is 2.30. The van der Waals surface area contributed by atoms with Crippen molar-refractivity contribution in [3.05, 3.63) is 57.3 Å². The summed E-state index contributed by atoms with van der Waals surface area (Å²) in [5.74, 6) is 0.198. The van der Waals surface area contributed by atoms with Crippen molar-refractivity contribution in [1.82, 2.24) is 5.32 Å². The van der Waals surface area contributed by atoms with Gasteiger partial charge in [-0.15, -0.1) is 0 Å². The van der Waals surface area contributed by atoms with Crippen molar-refractivity contribution in [2.24, 2.45) is 0 Å². The van der Waals surface area contributed by atoms with E-state index in [2.05, 4.69) is 21.2 Å². The molecule has 20 heavy (non-hydrogen) atoms. The van der Waals surface area contributed by atoms with Crippen molar-refractivity contribution in [3.8, 4) is 11.5 Å². The summed E-state index contributed by atoms with van der Waals surface area (Å²) in [6, 6.07) is 10.1. The Hall–Kier alpha value is -1.10. The Morgan fingerprint density at radius 1 is 1.30 bits per heavy atom. The topological polar surface area (TPSA) is 21.3 Å². The summed E-state index contributed by atoms with van der Waals surface area (Å²) in [7, 11) is 0. The number of nitrogens with one attached hydrogen (secondary N) is 1. The molecule has 2 aromatic rings. The fraction of sp³-hybridized carbons (Fsp3) is 0.200. The Morgan fingerprint density at radius 3 is 2.80 bits per heavy atom. The summed E-state index contributed by atoms with van der Waals surface area (Å²) in [5.41, 5.74) is 0.890. The van der Waals surface area contributed by atoms with Crippen LogP contribution in [0.25, 0.3) is 0 Å². The van der Waals surface area contributed by atoms with E-state index in [4.69, 9.17) is 16.3 Å². The van der Waals surface area contributed by atoms with Crippen LogP contribution in [0, 0.1) is 5.82 Å². The first-order valence-corrected chi connectivity index (χ1v) is 7.40. The molecule has 0 aliphatic carbocycles. The molecule has 0 aliphatic rings. The number of hydrogen-bond donors (Lipinski definition) is 1. The molecule has 0 radical (unpaired) electrons. The van der Waals surface area contributed by atoms with Gasteiger partial charge in [-0.3, -0.25) is 0 Å². The molecule has 106 valence electrons. The second-order valence-corrected chi connectivity index (χ2v) is 5.51. The van der Waals surface area contributed by atoms with Crippen LogP contribution in [-0.4, -0.2) is 6.54 Å². The second kappa shape index (κ2) is 7.07. The van der Waals surface area contributed by atoms with E-state index in [0.717, 1.165) is 12.1 Å². The van der Waals surface area contributed by atoms with Crippen molar-refractivity contribution in [2.45, 2.75) is 13.5 Å². The zero-order chi connectivity index (χ0) is 14.5. The average molecular weight is 359 g/mol. The van der Waals surface area contributed by atoms with Gasteiger partial charge < -0.3 is 10.1 Å². The number of ether oxygens (including phenoxy) is 1. The molecule has 0 aromatic heterocycles. The summed E-state index contributed by atoms with van der Waals surface area (Å²) >= 11 is 9.37. The Balaban J connectivity index is 2.32. The van der Waals surface area contributed by atoms with E-state index in [-0.39, 0.29) is 5.75 Å². The van der Waals surface area contributed by atoms with E-state index < -0.39 is 5.82 Å². The molecule has 0 spiro atoms. The van der Waals surface area contributed by atoms with Crippen molar-refractivity contribution >= 4 is 27.5 Å². The monoisotopic (exact) mass is 357 g/mol. The van der Waals surface area contributed by atoms with Gasteiger partial charge in [-0.05, 0) is 30.8 Å². The van der Waals surface area contributed by atoms with Gasteiger partial charge in [-0.1, -0.05) is 46.6 Å². The first-order chi connectivity index (χ1) is 9.61. The molecular weight excluding hydrogens is 345 g/mol. The predicted molar refractivity (Wildman–Crippen MR) is 83.0 cm³/mol. The molecule has 2 nitrogen and oxygen atoms in total.